The average molecular weight is 369 g/mol. The van der Waals surface area contributed by atoms with Gasteiger partial charge in [-0.2, -0.15) is 0 Å². The molecule has 1 N–H and O–H groups in total. The fourth-order valence-corrected chi connectivity index (χ4v) is 3.86. The number of benzene rings is 1. The van der Waals surface area contributed by atoms with Gasteiger partial charge >= 0.3 is 0 Å². The Morgan fingerprint density at radius 1 is 1.27 bits per heavy atom. The molecule has 0 radical (unpaired) electrons. The topological polar surface area (TPSA) is 83.4 Å². The van der Waals surface area contributed by atoms with Crippen molar-refractivity contribution >= 4 is 28.2 Å². The van der Waals surface area contributed by atoms with Crippen molar-refractivity contribution in [2.45, 2.75) is 38.6 Å². The first-order chi connectivity index (χ1) is 12.5. The normalized spacial score (nSPS) is 20.3. The lowest BCUT2D eigenvalue weighted by atomic mass is 9.92. The molecule has 4 rings (SSSR count). The predicted molar refractivity (Wildman–Crippen MR) is 98.1 cm³/mol. The van der Waals surface area contributed by atoms with Crippen LogP contribution in [0.15, 0.2) is 41.1 Å². The first-order valence-corrected chi connectivity index (χ1v) is 9.54. The van der Waals surface area contributed by atoms with Crippen LogP contribution in [0.3, 0.4) is 0 Å². The van der Waals surface area contributed by atoms with Crippen LogP contribution in [0.1, 0.15) is 49.8 Å². The number of nitrogens with zero attached hydrogens (tertiary/aromatic N) is 3. The van der Waals surface area contributed by atoms with E-state index in [0.717, 1.165) is 18.4 Å². The highest BCUT2D eigenvalue weighted by Gasteiger charge is 2.48. The van der Waals surface area contributed by atoms with Gasteiger partial charge in [-0.3, -0.25) is 14.5 Å². The highest BCUT2D eigenvalue weighted by molar-refractivity contribution is 7.13. The van der Waals surface area contributed by atoms with Crippen LogP contribution in [0.5, 0.6) is 0 Å². The fourth-order valence-electron chi connectivity index (χ4n) is 3.27. The number of amides is 1. The monoisotopic (exact) mass is 369 g/mol. The molecule has 2 aromatic rings. The number of rotatable bonds is 5. The summed E-state index contributed by atoms with van der Waals surface area (Å²) in [6.07, 6.45) is 1.61. The van der Waals surface area contributed by atoms with Crippen molar-refractivity contribution in [3.8, 4) is 0 Å². The summed E-state index contributed by atoms with van der Waals surface area (Å²) in [6.45, 7) is 4.21. The number of anilines is 1. The molecule has 0 bridgehead atoms. The fraction of sp³-hybridized carbons (Fsp3) is 0.368. The summed E-state index contributed by atoms with van der Waals surface area (Å²) >= 11 is 1.20. The van der Waals surface area contributed by atoms with Crippen molar-refractivity contribution in [1.82, 2.24) is 10.2 Å². The van der Waals surface area contributed by atoms with E-state index in [1.807, 2.05) is 24.3 Å². The first kappa shape index (κ1) is 16.9. The Hall–Kier alpha value is -2.54. The van der Waals surface area contributed by atoms with Gasteiger partial charge < -0.3 is 5.11 Å². The second-order valence-electron chi connectivity index (χ2n) is 7.02. The number of hydrogen-bond donors (Lipinski definition) is 1. The maximum Gasteiger partial charge on any atom is 0.296 e. The lowest BCUT2D eigenvalue weighted by Crippen LogP contribution is -2.31. The molecule has 26 heavy (non-hydrogen) atoms. The number of aromatic nitrogens is 2. The molecule has 1 aliphatic carbocycles. The summed E-state index contributed by atoms with van der Waals surface area (Å²) in [4.78, 5) is 26.9. The number of aliphatic hydroxyl groups excluding tert-OH is 1. The van der Waals surface area contributed by atoms with Crippen LogP contribution in [0.2, 0.25) is 0 Å². The Bertz CT molecular complexity index is 883. The number of ketones is 1. The van der Waals surface area contributed by atoms with Gasteiger partial charge in [0.2, 0.25) is 5.13 Å². The number of Topliss-reactive ketones (excluding diaryl/α,β-unsaturated/α-hetero) is 1. The molecule has 134 valence electrons. The summed E-state index contributed by atoms with van der Waals surface area (Å²) in [5.41, 5.74) is 3.67. The molecule has 7 heteroatoms. The SMILES string of the molecule is CC(C)c1ccc(C2C(C(=O)C3CC3)=C(O)C(=O)N2c2nncs2)cc1. The molecule has 2 heterocycles. The van der Waals surface area contributed by atoms with E-state index in [0.29, 0.717) is 11.0 Å². The van der Waals surface area contributed by atoms with E-state index in [1.165, 1.54) is 27.3 Å². The number of hydrogen-bond acceptors (Lipinski definition) is 6. The number of aliphatic hydroxyl groups is 1. The molecule has 1 aromatic heterocycles. The third kappa shape index (κ3) is 2.72. The minimum atomic E-state index is -0.662. The Balaban J connectivity index is 1.81. The maximum absolute atomic E-state index is 12.8. The molecule has 1 unspecified atom stereocenters. The summed E-state index contributed by atoms with van der Waals surface area (Å²) in [7, 11) is 0. The zero-order valence-electron chi connectivity index (χ0n) is 14.5. The molecule has 1 amide bonds. The lowest BCUT2D eigenvalue weighted by molar-refractivity contribution is -0.118. The van der Waals surface area contributed by atoms with Crippen molar-refractivity contribution < 1.29 is 14.7 Å². The Morgan fingerprint density at radius 2 is 1.96 bits per heavy atom. The summed E-state index contributed by atoms with van der Waals surface area (Å²) in [6, 6.07) is 7.17. The van der Waals surface area contributed by atoms with Gasteiger partial charge in [0, 0.05) is 5.92 Å². The first-order valence-electron chi connectivity index (χ1n) is 8.66. The van der Waals surface area contributed by atoms with Crippen molar-refractivity contribution in [3.05, 3.63) is 52.2 Å². The summed E-state index contributed by atoms with van der Waals surface area (Å²) in [5.74, 6) is -0.906. The van der Waals surface area contributed by atoms with E-state index >= 15 is 0 Å². The van der Waals surface area contributed by atoms with Gasteiger partial charge in [0.1, 0.15) is 5.51 Å². The van der Waals surface area contributed by atoms with Gasteiger partial charge in [0.25, 0.3) is 5.91 Å². The van der Waals surface area contributed by atoms with Crippen LogP contribution >= 0.6 is 11.3 Å². The van der Waals surface area contributed by atoms with Gasteiger partial charge in [-0.15, -0.1) is 10.2 Å². The largest absolute Gasteiger partial charge is 0.503 e. The van der Waals surface area contributed by atoms with Crippen molar-refractivity contribution in [2.24, 2.45) is 5.92 Å². The van der Waals surface area contributed by atoms with E-state index < -0.39 is 17.7 Å². The van der Waals surface area contributed by atoms with Crippen LogP contribution in [0.4, 0.5) is 5.13 Å². The molecule has 2 aliphatic rings. The molecule has 1 aliphatic heterocycles. The molecule has 0 spiro atoms. The third-order valence-electron chi connectivity index (χ3n) is 4.90. The Kier molecular flexibility index (Phi) is 4.11. The number of carbonyl (C=O) groups is 2. The molecule has 1 saturated carbocycles. The summed E-state index contributed by atoms with van der Waals surface area (Å²) in [5, 5.41) is 18.6. The molecular weight excluding hydrogens is 350 g/mol. The van der Waals surface area contributed by atoms with Crippen LogP contribution in [-0.4, -0.2) is 27.0 Å². The third-order valence-corrected chi connectivity index (χ3v) is 5.58. The number of carbonyl (C=O) groups excluding carboxylic acids is 2. The molecule has 0 saturated heterocycles. The maximum atomic E-state index is 12.8. The quantitative estimate of drug-likeness (QED) is 0.871. The highest BCUT2D eigenvalue weighted by atomic mass is 32.1. The van der Waals surface area contributed by atoms with Crippen molar-refractivity contribution in [1.29, 1.82) is 0 Å². The van der Waals surface area contributed by atoms with Gasteiger partial charge in [-0.05, 0) is 29.9 Å². The highest BCUT2D eigenvalue weighted by Crippen LogP contribution is 2.45. The second kappa shape index (κ2) is 6.32. The van der Waals surface area contributed by atoms with E-state index in [1.54, 1.807) is 0 Å². The minimum Gasteiger partial charge on any atom is -0.503 e. The Labute approximate surface area is 155 Å². The van der Waals surface area contributed by atoms with Crippen molar-refractivity contribution in [2.75, 3.05) is 4.90 Å². The van der Waals surface area contributed by atoms with Crippen molar-refractivity contribution in [3.63, 3.8) is 0 Å². The average Bonchev–Trinajstić information content (AvgIpc) is 3.29. The van der Waals surface area contributed by atoms with E-state index in [-0.39, 0.29) is 17.3 Å². The lowest BCUT2D eigenvalue weighted by Gasteiger charge is -2.24. The van der Waals surface area contributed by atoms with Gasteiger partial charge in [0.15, 0.2) is 11.5 Å². The minimum absolute atomic E-state index is 0.0910. The second-order valence-corrected chi connectivity index (χ2v) is 7.83. The van der Waals surface area contributed by atoms with Gasteiger partial charge in [0.05, 0.1) is 11.6 Å². The molecular formula is C19H19N3O3S. The standard InChI is InChI=1S/C19H19N3O3S/c1-10(2)11-3-5-12(6-4-11)15-14(16(23)13-7-8-13)17(24)18(25)22(15)19-21-20-9-26-19/h3-6,9-10,13,15,24H,7-8H2,1-2H3. The zero-order chi connectivity index (χ0) is 18.4. The van der Waals surface area contributed by atoms with Crippen LogP contribution in [0.25, 0.3) is 0 Å². The molecule has 1 aromatic carbocycles. The van der Waals surface area contributed by atoms with E-state index in [9.17, 15) is 14.7 Å². The van der Waals surface area contributed by atoms with Crippen LogP contribution in [-0.2, 0) is 9.59 Å². The molecule has 1 fully saturated rings. The predicted octanol–water partition coefficient (Wildman–Crippen LogP) is 3.54. The van der Waals surface area contributed by atoms with Crippen LogP contribution in [0, 0.1) is 5.92 Å². The van der Waals surface area contributed by atoms with E-state index in [2.05, 4.69) is 24.0 Å². The summed E-state index contributed by atoms with van der Waals surface area (Å²) < 4.78 is 0. The van der Waals surface area contributed by atoms with E-state index in [4.69, 9.17) is 0 Å². The smallest absolute Gasteiger partial charge is 0.296 e. The Morgan fingerprint density at radius 3 is 2.50 bits per heavy atom. The van der Waals surface area contributed by atoms with Gasteiger partial charge in [-0.1, -0.05) is 49.4 Å². The van der Waals surface area contributed by atoms with Gasteiger partial charge in [-0.25, -0.2) is 0 Å². The molecule has 1 atom stereocenters. The zero-order valence-corrected chi connectivity index (χ0v) is 15.4. The van der Waals surface area contributed by atoms with Crippen LogP contribution < -0.4 is 4.90 Å². The molecule has 6 nitrogen and oxygen atoms in total.